The van der Waals surface area contributed by atoms with Gasteiger partial charge >= 0.3 is 0 Å². The van der Waals surface area contributed by atoms with Crippen molar-refractivity contribution in [1.29, 1.82) is 0 Å². The van der Waals surface area contributed by atoms with E-state index in [2.05, 4.69) is 16.8 Å². The van der Waals surface area contributed by atoms with Gasteiger partial charge in [0.25, 0.3) is 5.56 Å². The molecule has 98 valence electrons. The highest BCUT2D eigenvalue weighted by Gasteiger charge is 2.34. The predicted octanol–water partition coefficient (Wildman–Crippen LogP) is 2.03. The van der Waals surface area contributed by atoms with Crippen molar-refractivity contribution in [3.05, 3.63) is 22.7 Å². The minimum Gasteiger partial charge on any atom is -0.348 e. The van der Waals surface area contributed by atoms with E-state index in [9.17, 15) is 4.79 Å². The molecule has 0 N–H and O–H groups in total. The van der Waals surface area contributed by atoms with Crippen LogP contribution in [0.15, 0.2) is 17.2 Å². The van der Waals surface area contributed by atoms with E-state index in [1.807, 2.05) is 4.57 Å². The third-order valence-electron chi connectivity index (χ3n) is 4.10. The smallest absolute Gasteiger partial charge is 0.293 e. The Morgan fingerprint density at radius 3 is 2.89 bits per heavy atom. The van der Waals surface area contributed by atoms with E-state index in [0.29, 0.717) is 23.7 Å². The first-order valence-corrected chi connectivity index (χ1v) is 7.15. The van der Waals surface area contributed by atoms with Crippen LogP contribution in [0.1, 0.15) is 32.2 Å². The van der Waals surface area contributed by atoms with E-state index >= 15 is 0 Å². The monoisotopic (exact) mass is 267 g/mol. The van der Waals surface area contributed by atoms with Gasteiger partial charge in [-0.3, -0.25) is 4.79 Å². The van der Waals surface area contributed by atoms with Crippen LogP contribution in [0.4, 0.5) is 5.82 Å². The number of aromatic nitrogens is 2. The fourth-order valence-corrected chi connectivity index (χ4v) is 3.23. The summed E-state index contributed by atoms with van der Waals surface area (Å²) in [5.41, 5.74) is 0.0456. The summed E-state index contributed by atoms with van der Waals surface area (Å²) in [7, 11) is 0. The van der Waals surface area contributed by atoms with Gasteiger partial charge in [0.1, 0.15) is 0 Å². The highest BCUT2D eigenvalue weighted by Crippen LogP contribution is 2.34. The van der Waals surface area contributed by atoms with E-state index < -0.39 is 0 Å². The zero-order chi connectivity index (χ0) is 12.7. The van der Waals surface area contributed by atoms with Crippen molar-refractivity contribution < 1.29 is 0 Å². The van der Waals surface area contributed by atoms with Crippen LogP contribution in [0.3, 0.4) is 0 Å². The number of nitrogens with zero attached hydrogens (tertiary/aromatic N) is 3. The third-order valence-corrected chi connectivity index (χ3v) is 4.42. The summed E-state index contributed by atoms with van der Waals surface area (Å²) < 4.78 is 1.83. The Morgan fingerprint density at radius 2 is 2.22 bits per heavy atom. The van der Waals surface area contributed by atoms with E-state index in [4.69, 9.17) is 11.6 Å². The van der Waals surface area contributed by atoms with Crippen LogP contribution in [0.5, 0.6) is 0 Å². The standard InChI is InChI=1S/C13H18ClN3O/c1-9-4-6-17(11(9)8-14)12-13(18)16(7-5-15-12)10-2-3-10/h5,7,9-11H,2-4,6,8H2,1H3. The highest BCUT2D eigenvalue weighted by atomic mass is 35.5. The van der Waals surface area contributed by atoms with E-state index in [1.54, 1.807) is 12.4 Å². The fourth-order valence-electron chi connectivity index (χ4n) is 2.76. The topological polar surface area (TPSA) is 38.1 Å². The molecule has 3 rings (SSSR count). The molecule has 1 aliphatic heterocycles. The zero-order valence-corrected chi connectivity index (χ0v) is 11.3. The number of rotatable bonds is 3. The van der Waals surface area contributed by atoms with Crippen molar-refractivity contribution in [2.24, 2.45) is 5.92 Å². The van der Waals surface area contributed by atoms with Gasteiger partial charge in [-0.15, -0.1) is 11.6 Å². The predicted molar refractivity (Wildman–Crippen MR) is 72.4 cm³/mol. The van der Waals surface area contributed by atoms with Gasteiger partial charge < -0.3 is 9.47 Å². The first-order valence-electron chi connectivity index (χ1n) is 6.62. The molecule has 2 unspecified atom stereocenters. The number of hydrogen-bond donors (Lipinski definition) is 0. The molecule has 1 saturated heterocycles. The summed E-state index contributed by atoms with van der Waals surface area (Å²) in [6.45, 7) is 3.07. The summed E-state index contributed by atoms with van der Waals surface area (Å²) in [5, 5.41) is 0. The average Bonchev–Trinajstić information content (AvgIpc) is 3.13. The van der Waals surface area contributed by atoms with Crippen molar-refractivity contribution in [1.82, 2.24) is 9.55 Å². The van der Waals surface area contributed by atoms with Crippen LogP contribution in [0, 0.1) is 5.92 Å². The summed E-state index contributed by atoms with van der Waals surface area (Å²) >= 11 is 6.04. The lowest BCUT2D eigenvalue weighted by Crippen LogP contribution is -2.39. The molecule has 1 aromatic rings. The maximum Gasteiger partial charge on any atom is 0.293 e. The van der Waals surface area contributed by atoms with Gasteiger partial charge in [0.2, 0.25) is 0 Å². The van der Waals surface area contributed by atoms with Crippen LogP contribution in [0.25, 0.3) is 0 Å². The molecule has 4 nitrogen and oxygen atoms in total. The molecule has 0 radical (unpaired) electrons. The largest absolute Gasteiger partial charge is 0.348 e. The molecular formula is C13H18ClN3O. The summed E-state index contributed by atoms with van der Waals surface area (Å²) in [6, 6.07) is 0.635. The molecule has 1 saturated carbocycles. The third kappa shape index (κ3) is 1.92. The Kier molecular flexibility index (Phi) is 3.06. The molecular weight excluding hydrogens is 250 g/mol. The summed E-state index contributed by atoms with van der Waals surface area (Å²) in [6.07, 6.45) is 6.84. The minimum absolute atomic E-state index is 0.0456. The Morgan fingerprint density at radius 1 is 1.44 bits per heavy atom. The average molecular weight is 268 g/mol. The van der Waals surface area contributed by atoms with Crippen LogP contribution in [0.2, 0.25) is 0 Å². The first kappa shape index (κ1) is 12.0. The SMILES string of the molecule is CC1CCN(c2nccn(C3CC3)c2=O)C1CCl. The zero-order valence-electron chi connectivity index (χ0n) is 10.6. The van der Waals surface area contributed by atoms with Gasteiger partial charge in [0.15, 0.2) is 5.82 Å². The molecule has 0 aromatic carbocycles. The van der Waals surface area contributed by atoms with Gasteiger partial charge in [0, 0.05) is 36.9 Å². The lowest BCUT2D eigenvalue weighted by Gasteiger charge is -2.25. The van der Waals surface area contributed by atoms with Gasteiger partial charge in [0.05, 0.1) is 0 Å². The maximum absolute atomic E-state index is 12.4. The first-order chi connectivity index (χ1) is 8.72. The van der Waals surface area contributed by atoms with Crippen LogP contribution in [-0.4, -0.2) is 28.0 Å². The quantitative estimate of drug-likeness (QED) is 0.787. The van der Waals surface area contributed by atoms with Crippen molar-refractivity contribution in [2.75, 3.05) is 17.3 Å². The van der Waals surface area contributed by atoms with E-state index in [0.717, 1.165) is 25.8 Å². The minimum atomic E-state index is 0.0456. The van der Waals surface area contributed by atoms with Crippen LogP contribution in [-0.2, 0) is 0 Å². The summed E-state index contributed by atoms with van der Waals surface area (Å²) in [5.74, 6) is 1.67. The van der Waals surface area contributed by atoms with Gasteiger partial charge in [-0.25, -0.2) is 4.98 Å². The van der Waals surface area contributed by atoms with Crippen molar-refractivity contribution >= 4 is 17.4 Å². The Labute approximate surface area is 112 Å². The van der Waals surface area contributed by atoms with Gasteiger partial charge in [-0.2, -0.15) is 0 Å². The highest BCUT2D eigenvalue weighted by molar-refractivity contribution is 6.18. The molecule has 1 aliphatic carbocycles. The molecule has 0 amide bonds. The molecule has 2 aliphatic rings. The number of halogens is 1. The molecule has 2 atom stereocenters. The Balaban J connectivity index is 1.97. The Bertz CT molecular complexity index is 497. The lowest BCUT2D eigenvalue weighted by atomic mass is 10.1. The maximum atomic E-state index is 12.4. The Hall–Kier alpha value is -1.03. The van der Waals surface area contributed by atoms with E-state index in [-0.39, 0.29) is 11.6 Å². The van der Waals surface area contributed by atoms with Crippen LogP contribution < -0.4 is 10.5 Å². The van der Waals surface area contributed by atoms with Crippen molar-refractivity contribution in [2.45, 2.75) is 38.3 Å². The second kappa shape index (κ2) is 4.57. The second-order valence-electron chi connectivity index (χ2n) is 5.38. The number of alkyl halides is 1. The molecule has 18 heavy (non-hydrogen) atoms. The molecule has 2 heterocycles. The van der Waals surface area contributed by atoms with E-state index in [1.165, 1.54) is 0 Å². The fraction of sp³-hybridized carbons (Fsp3) is 0.692. The molecule has 2 fully saturated rings. The molecule has 0 spiro atoms. The molecule has 1 aromatic heterocycles. The summed E-state index contributed by atoms with van der Waals surface area (Å²) in [4.78, 5) is 18.8. The normalized spacial score (nSPS) is 27.8. The number of hydrogen-bond acceptors (Lipinski definition) is 3. The number of anilines is 1. The molecule has 5 heteroatoms. The van der Waals surface area contributed by atoms with Crippen molar-refractivity contribution in [3.8, 4) is 0 Å². The van der Waals surface area contributed by atoms with Crippen molar-refractivity contribution in [3.63, 3.8) is 0 Å². The second-order valence-corrected chi connectivity index (χ2v) is 5.68. The van der Waals surface area contributed by atoms with Gasteiger partial charge in [-0.1, -0.05) is 6.92 Å². The molecule has 0 bridgehead atoms. The van der Waals surface area contributed by atoms with Crippen LogP contribution >= 0.6 is 11.6 Å². The lowest BCUT2D eigenvalue weighted by molar-refractivity contribution is 0.546. The van der Waals surface area contributed by atoms with Gasteiger partial charge in [-0.05, 0) is 25.2 Å².